The number of amides is 3. The summed E-state index contributed by atoms with van der Waals surface area (Å²) in [4.78, 5) is 44.2. The fraction of sp³-hybridized carbons (Fsp3) is 0.667. The van der Waals surface area contributed by atoms with Gasteiger partial charge in [0.2, 0.25) is 17.7 Å². The summed E-state index contributed by atoms with van der Waals surface area (Å²) in [6.45, 7) is 3.28. The van der Waals surface area contributed by atoms with Crippen LogP contribution in [0.5, 0.6) is 0 Å². The van der Waals surface area contributed by atoms with Crippen LogP contribution in [0.15, 0.2) is 29.7 Å². The van der Waals surface area contributed by atoms with Gasteiger partial charge in [0.1, 0.15) is 11.6 Å². The SMILES string of the molecule is C[C@]12C=C[C@@]3(O1)[C@H](C(=O)N(C[C@@H]1CCCO1)[C@@H]3C(=O)NC1CCCCC1)[C@@H]2C(=O)NCc1cccs1. The van der Waals surface area contributed by atoms with Crippen molar-refractivity contribution in [2.24, 2.45) is 11.8 Å². The molecule has 0 radical (unpaired) electrons. The molecule has 1 saturated carbocycles. The second-order valence-corrected chi connectivity index (χ2v) is 12.1. The van der Waals surface area contributed by atoms with Gasteiger partial charge in [-0.25, -0.2) is 0 Å². The van der Waals surface area contributed by atoms with Crippen molar-refractivity contribution in [1.29, 1.82) is 0 Å². The number of carbonyl (C=O) groups excluding carboxylic acids is 3. The van der Waals surface area contributed by atoms with Gasteiger partial charge in [-0.3, -0.25) is 14.4 Å². The average molecular weight is 514 g/mol. The summed E-state index contributed by atoms with van der Waals surface area (Å²) in [5.41, 5.74) is -2.08. The van der Waals surface area contributed by atoms with E-state index in [1.54, 1.807) is 16.2 Å². The second kappa shape index (κ2) is 9.26. The number of thiophene rings is 1. The number of nitrogens with one attached hydrogen (secondary N) is 2. The van der Waals surface area contributed by atoms with E-state index in [-0.39, 0.29) is 29.9 Å². The Hall–Kier alpha value is -2.23. The monoisotopic (exact) mass is 513 g/mol. The molecule has 1 aliphatic carbocycles. The molecule has 5 aliphatic rings. The standard InChI is InChI=1S/C27H35N3O5S/c1-26-11-12-27(35-26)21(20(26)23(31)28-15-19-10-6-14-36-19)25(33)30(16-18-9-5-13-34-18)22(27)24(32)29-17-7-3-2-4-8-17/h6,10-12,14,17-18,20-22H,2-5,7-9,13,15-16H2,1H3,(H,28,31)(H,29,32)/t18-,20+,21-,22+,26+,27+/m0/s1. The number of carbonyl (C=O) groups is 3. The molecule has 3 saturated heterocycles. The van der Waals surface area contributed by atoms with Crippen molar-refractivity contribution < 1.29 is 23.9 Å². The zero-order chi connectivity index (χ0) is 24.9. The molecule has 5 heterocycles. The van der Waals surface area contributed by atoms with E-state index in [4.69, 9.17) is 9.47 Å². The van der Waals surface area contributed by atoms with E-state index < -0.39 is 29.1 Å². The first kappa shape index (κ1) is 24.1. The zero-order valence-electron chi connectivity index (χ0n) is 20.7. The van der Waals surface area contributed by atoms with Crippen LogP contribution in [-0.4, -0.2) is 65.2 Å². The summed E-state index contributed by atoms with van der Waals surface area (Å²) in [6.07, 6.45) is 10.8. The summed E-state index contributed by atoms with van der Waals surface area (Å²) in [6, 6.07) is 3.23. The number of fused-ring (bicyclic) bond motifs is 1. The molecule has 8 nitrogen and oxygen atoms in total. The highest BCUT2D eigenvalue weighted by molar-refractivity contribution is 7.09. The number of hydrogen-bond donors (Lipinski definition) is 2. The maximum atomic E-state index is 14.1. The van der Waals surface area contributed by atoms with E-state index in [2.05, 4.69) is 10.6 Å². The van der Waals surface area contributed by atoms with Crippen molar-refractivity contribution in [2.45, 2.75) is 87.8 Å². The summed E-state index contributed by atoms with van der Waals surface area (Å²) >= 11 is 1.58. The van der Waals surface area contributed by atoms with Crippen molar-refractivity contribution in [3.8, 4) is 0 Å². The molecule has 1 spiro atoms. The molecule has 0 aromatic carbocycles. The third-order valence-corrected chi connectivity index (χ3v) is 9.60. The lowest BCUT2D eigenvalue weighted by molar-refractivity contribution is -0.146. The Labute approximate surface area is 215 Å². The number of hydrogen-bond acceptors (Lipinski definition) is 6. The van der Waals surface area contributed by atoms with E-state index in [0.29, 0.717) is 19.7 Å². The Kier molecular flexibility index (Phi) is 6.20. The number of rotatable bonds is 7. The van der Waals surface area contributed by atoms with E-state index in [1.807, 2.05) is 36.6 Å². The molecule has 2 bridgehead atoms. The van der Waals surface area contributed by atoms with Gasteiger partial charge in [-0.05, 0) is 44.1 Å². The third kappa shape index (κ3) is 3.90. The zero-order valence-corrected chi connectivity index (χ0v) is 21.6. The Bertz CT molecular complexity index is 1050. The van der Waals surface area contributed by atoms with E-state index in [0.717, 1.165) is 43.4 Å². The maximum Gasteiger partial charge on any atom is 0.246 e. The summed E-state index contributed by atoms with van der Waals surface area (Å²) < 4.78 is 12.4. The second-order valence-electron chi connectivity index (χ2n) is 11.1. The molecule has 36 heavy (non-hydrogen) atoms. The van der Waals surface area contributed by atoms with Gasteiger partial charge in [0.15, 0.2) is 0 Å². The molecule has 194 valence electrons. The normalized spacial score (nSPS) is 37.5. The summed E-state index contributed by atoms with van der Waals surface area (Å²) in [5, 5.41) is 8.24. The molecule has 6 atom stereocenters. The van der Waals surface area contributed by atoms with Crippen molar-refractivity contribution in [3.05, 3.63) is 34.5 Å². The molecule has 1 aromatic heterocycles. The predicted octanol–water partition coefficient (Wildman–Crippen LogP) is 2.53. The average Bonchev–Trinajstić information content (AvgIpc) is 3.67. The predicted molar refractivity (Wildman–Crippen MR) is 134 cm³/mol. The van der Waals surface area contributed by atoms with Crippen LogP contribution < -0.4 is 10.6 Å². The number of nitrogens with zero attached hydrogens (tertiary/aromatic N) is 1. The van der Waals surface area contributed by atoms with Crippen LogP contribution in [0.25, 0.3) is 0 Å². The van der Waals surface area contributed by atoms with Gasteiger partial charge in [0.05, 0.1) is 30.1 Å². The van der Waals surface area contributed by atoms with Crippen molar-refractivity contribution in [3.63, 3.8) is 0 Å². The van der Waals surface area contributed by atoms with Crippen LogP contribution >= 0.6 is 11.3 Å². The molecule has 9 heteroatoms. The van der Waals surface area contributed by atoms with Crippen LogP contribution in [0.1, 0.15) is 56.7 Å². The first-order valence-electron chi connectivity index (χ1n) is 13.3. The van der Waals surface area contributed by atoms with Crippen molar-refractivity contribution in [1.82, 2.24) is 15.5 Å². The quantitative estimate of drug-likeness (QED) is 0.547. The molecular formula is C27H35N3O5S. The lowest BCUT2D eigenvalue weighted by Crippen LogP contribution is -2.57. The molecular weight excluding hydrogens is 478 g/mol. The van der Waals surface area contributed by atoms with E-state index in [9.17, 15) is 14.4 Å². The van der Waals surface area contributed by atoms with Crippen LogP contribution in [0.2, 0.25) is 0 Å². The Morgan fingerprint density at radius 2 is 1.97 bits per heavy atom. The van der Waals surface area contributed by atoms with E-state index >= 15 is 0 Å². The third-order valence-electron chi connectivity index (χ3n) is 8.72. The molecule has 2 N–H and O–H groups in total. The lowest BCUT2D eigenvalue weighted by Gasteiger charge is -2.35. The minimum absolute atomic E-state index is 0.1000. The fourth-order valence-corrected chi connectivity index (χ4v) is 7.70. The topological polar surface area (TPSA) is 97.0 Å². The largest absolute Gasteiger partial charge is 0.376 e. The van der Waals surface area contributed by atoms with Gasteiger partial charge in [-0.15, -0.1) is 11.3 Å². The van der Waals surface area contributed by atoms with Crippen LogP contribution in [0.4, 0.5) is 0 Å². The Morgan fingerprint density at radius 1 is 1.14 bits per heavy atom. The molecule has 0 unspecified atom stereocenters. The molecule has 1 aromatic rings. The minimum atomic E-state index is -1.14. The minimum Gasteiger partial charge on any atom is -0.376 e. The van der Waals surface area contributed by atoms with Gasteiger partial charge >= 0.3 is 0 Å². The van der Waals surface area contributed by atoms with Gasteiger partial charge < -0.3 is 25.0 Å². The number of likely N-dealkylation sites (tertiary alicyclic amines) is 1. The lowest BCUT2D eigenvalue weighted by atomic mass is 9.70. The number of ether oxygens (including phenoxy) is 2. The molecule has 4 fully saturated rings. The van der Waals surface area contributed by atoms with Gasteiger partial charge in [0, 0.05) is 24.1 Å². The highest BCUT2D eigenvalue weighted by atomic mass is 32.1. The first-order chi connectivity index (χ1) is 17.4. The highest BCUT2D eigenvalue weighted by Gasteiger charge is 2.76. The first-order valence-corrected chi connectivity index (χ1v) is 14.2. The van der Waals surface area contributed by atoms with Gasteiger partial charge in [0.25, 0.3) is 0 Å². The van der Waals surface area contributed by atoms with Crippen LogP contribution in [-0.2, 0) is 30.4 Å². The highest BCUT2D eigenvalue weighted by Crippen LogP contribution is 2.59. The van der Waals surface area contributed by atoms with Crippen LogP contribution in [0, 0.1) is 11.8 Å². The fourth-order valence-electron chi connectivity index (χ4n) is 7.06. The smallest absolute Gasteiger partial charge is 0.246 e. The van der Waals surface area contributed by atoms with Crippen LogP contribution in [0.3, 0.4) is 0 Å². The summed E-state index contributed by atoms with van der Waals surface area (Å²) in [5.74, 6) is -2.00. The van der Waals surface area contributed by atoms with E-state index in [1.165, 1.54) is 6.42 Å². The maximum absolute atomic E-state index is 14.1. The van der Waals surface area contributed by atoms with Crippen molar-refractivity contribution >= 4 is 29.1 Å². The molecule has 4 aliphatic heterocycles. The summed E-state index contributed by atoms with van der Waals surface area (Å²) in [7, 11) is 0. The van der Waals surface area contributed by atoms with Gasteiger partial charge in [-0.1, -0.05) is 37.5 Å². The Balaban J connectivity index is 1.30. The van der Waals surface area contributed by atoms with Gasteiger partial charge in [-0.2, -0.15) is 0 Å². The molecule has 6 rings (SSSR count). The van der Waals surface area contributed by atoms with Crippen molar-refractivity contribution in [2.75, 3.05) is 13.2 Å². The Morgan fingerprint density at radius 3 is 2.69 bits per heavy atom. The molecule has 3 amide bonds.